The van der Waals surface area contributed by atoms with Crippen LogP contribution in [0, 0.1) is 25.2 Å². The van der Waals surface area contributed by atoms with Gasteiger partial charge in [-0.2, -0.15) is 5.26 Å². The minimum atomic E-state index is -0.261. The Hall–Kier alpha value is -2.48. The van der Waals surface area contributed by atoms with Crippen LogP contribution in [0.25, 0.3) is 0 Å². The van der Waals surface area contributed by atoms with Gasteiger partial charge in [0.1, 0.15) is 11.5 Å². The number of nitrogens with zero attached hydrogens (tertiary/aromatic N) is 3. The summed E-state index contributed by atoms with van der Waals surface area (Å²) >= 11 is 0. The number of hydrogen-bond donors (Lipinski definition) is 0. The van der Waals surface area contributed by atoms with Gasteiger partial charge in [0, 0.05) is 37.8 Å². The molecule has 2 aromatic rings. The lowest BCUT2D eigenvalue weighted by Crippen LogP contribution is -2.09. The molecular weight excluding hydrogens is 278 g/mol. The number of aryl methyl sites for hydroxylation is 2. The second-order valence-corrected chi connectivity index (χ2v) is 5.45. The number of nitriles is 1. The van der Waals surface area contributed by atoms with Gasteiger partial charge < -0.3 is 14.2 Å². The molecule has 1 atom stereocenters. The summed E-state index contributed by atoms with van der Waals surface area (Å²) in [6.45, 7) is 4.16. The fourth-order valence-electron chi connectivity index (χ4n) is 2.41. The van der Waals surface area contributed by atoms with Gasteiger partial charge in [0.15, 0.2) is 0 Å². The Morgan fingerprint density at radius 3 is 2.73 bits per heavy atom. The van der Waals surface area contributed by atoms with Crippen LogP contribution in [0.1, 0.15) is 29.4 Å². The van der Waals surface area contributed by atoms with Crippen molar-refractivity contribution in [1.82, 2.24) is 5.16 Å². The molecular formula is C17H21N3O2. The van der Waals surface area contributed by atoms with Crippen LogP contribution < -0.4 is 9.64 Å². The lowest BCUT2D eigenvalue weighted by Gasteiger charge is -2.14. The number of ether oxygens (including phenoxy) is 1. The summed E-state index contributed by atoms with van der Waals surface area (Å²) in [5.41, 5.74) is 2.74. The third kappa shape index (κ3) is 3.59. The summed E-state index contributed by atoms with van der Waals surface area (Å²) in [6.07, 6.45) is 0.603. The van der Waals surface area contributed by atoms with Crippen molar-refractivity contribution in [3.63, 3.8) is 0 Å². The number of rotatable bonds is 6. The first-order chi connectivity index (χ1) is 10.5. The number of anilines is 1. The van der Waals surface area contributed by atoms with Crippen LogP contribution in [0.3, 0.4) is 0 Å². The molecule has 0 saturated carbocycles. The maximum absolute atomic E-state index is 9.38. The van der Waals surface area contributed by atoms with Crippen molar-refractivity contribution in [3.8, 4) is 11.8 Å². The molecule has 1 heterocycles. The van der Waals surface area contributed by atoms with E-state index in [9.17, 15) is 5.26 Å². The second-order valence-electron chi connectivity index (χ2n) is 5.45. The molecule has 2 rings (SSSR count). The van der Waals surface area contributed by atoms with E-state index in [0.717, 1.165) is 22.7 Å². The Bertz CT molecular complexity index is 651. The van der Waals surface area contributed by atoms with Crippen molar-refractivity contribution >= 4 is 5.69 Å². The van der Waals surface area contributed by atoms with Gasteiger partial charge in [-0.1, -0.05) is 11.2 Å². The van der Waals surface area contributed by atoms with Gasteiger partial charge in [0.2, 0.25) is 0 Å². The lowest BCUT2D eigenvalue weighted by molar-refractivity contribution is 0.305. The molecule has 22 heavy (non-hydrogen) atoms. The third-order valence-electron chi connectivity index (χ3n) is 3.60. The molecule has 5 nitrogen and oxygen atoms in total. The number of hydrogen-bond acceptors (Lipinski definition) is 5. The van der Waals surface area contributed by atoms with Crippen molar-refractivity contribution in [2.75, 3.05) is 25.6 Å². The molecule has 0 aliphatic rings. The Labute approximate surface area is 131 Å². The molecule has 0 bridgehead atoms. The monoisotopic (exact) mass is 299 g/mol. The van der Waals surface area contributed by atoms with E-state index in [-0.39, 0.29) is 5.92 Å². The number of benzene rings is 1. The van der Waals surface area contributed by atoms with Gasteiger partial charge in [-0.25, -0.2) is 0 Å². The predicted molar refractivity (Wildman–Crippen MR) is 85.2 cm³/mol. The highest BCUT2D eigenvalue weighted by Crippen LogP contribution is 2.26. The van der Waals surface area contributed by atoms with Crippen LogP contribution in [0.2, 0.25) is 0 Å². The second kappa shape index (κ2) is 6.99. The smallest absolute Gasteiger partial charge is 0.138 e. The van der Waals surface area contributed by atoms with E-state index < -0.39 is 0 Å². The SMILES string of the molecule is Cc1noc(C)c1C(C#N)CCOc1cccc(N(C)C)c1. The maximum atomic E-state index is 9.38. The van der Waals surface area contributed by atoms with Gasteiger partial charge in [-0.15, -0.1) is 0 Å². The molecule has 0 N–H and O–H groups in total. The summed E-state index contributed by atoms with van der Waals surface area (Å²) < 4.78 is 10.9. The Balaban J connectivity index is 1.98. The molecule has 0 saturated heterocycles. The Morgan fingerprint density at radius 2 is 2.14 bits per heavy atom. The van der Waals surface area contributed by atoms with Gasteiger partial charge in [0.25, 0.3) is 0 Å². The van der Waals surface area contributed by atoms with Crippen LogP contribution >= 0.6 is 0 Å². The molecule has 5 heteroatoms. The Morgan fingerprint density at radius 1 is 1.36 bits per heavy atom. The highest BCUT2D eigenvalue weighted by molar-refractivity contribution is 5.49. The average Bonchev–Trinajstić information content (AvgIpc) is 2.83. The summed E-state index contributed by atoms with van der Waals surface area (Å²) in [4.78, 5) is 2.02. The lowest BCUT2D eigenvalue weighted by atomic mass is 9.96. The van der Waals surface area contributed by atoms with E-state index >= 15 is 0 Å². The highest BCUT2D eigenvalue weighted by Gasteiger charge is 2.20. The van der Waals surface area contributed by atoms with Crippen molar-refractivity contribution in [3.05, 3.63) is 41.3 Å². The molecule has 0 amide bonds. The van der Waals surface area contributed by atoms with E-state index in [4.69, 9.17) is 9.26 Å². The minimum absolute atomic E-state index is 0.261. The van der Waals surface area contributed by atoms with Crippen molar-refractivity contribution in [2.45, 2.75) is 26.2 Å². The topological polar surface area (TPSA) is 62.3 Å². The molecule has 0 fully saturated rings. The van der Waals surface area contributed by atoms with Gasteiger partial charge in [-0.05, 0) is 26.0 Å². The molecule has 1 unspecified atom stereocenters. The molecule has 116 valence electrons. The van der Waals surface area contributed by atoms with E-state index in [1.165, 1.54) is 0 Å². The summed E-state index contributed by atoms with van der Waals surface area (Å²) in [5, 5.41) is 13.3. The van der Waals surface area contributed by atoms with E-state index in [2.05, 4.69) is 11.2 Å². The molecule has 0 spiro atoms. The molecule has 0 radical (unpaired) electrons. The number of aromatic nitrogens is 1. The molecule has 1 aromatic heterocycles. The van der Waals surface area contributed by atoms with Crippen LogP contribution in [0.15, 0.2) is 28.8 Å². The first-order valence-electron chi connectivity index (χ1n) is 7.25. The molecule has 1 aromatic carbocycles. The zero-order chi connectivity index (χ0) is 16.1. The first-order valence-corrected chi connectivity index (χ1v) is 7.25. The Kier molecular flexibility index (Phi) is 5.05. The highest BCUT2D eigenvalue weighted by atomic mass is 16.5. The zero-order valence-electron chi connectivity index (χ0n) is 13.5. The average molecular weight is 299 g/mol. The quantitative estimate of drug-likeness (QED) is 0.817. The van der Waals surface area contributed by atoms with Crippen molar-refractivity contribution < 1.29 is 9.26 Å². The zero-order valence-corrected chi connectivity index (χ0v) is 13.5. The van der Waals surface area contributed by atoms with E-state index in [1.807, 2.05) is 57.1 Å². The fraction of sp³-hybridized carbons (Fsp3) is 0.412. The van der Waals surface area contributed by atoms with Gasteiger partial charge >= 0.3 is 0 Å². The summed E-state index contributed by atoms with van der Waals surface area (Å²) in [5.74, 6) is 1.25. The van der Waals surface area contributed by atoms with Crippen LogP contribution in [-0.2, 0) is 0 Å². The molecule has 0 aliphatic carbocycles. The third-order valence-corrected chi connectivity index (χ3v) is 3.60. The van der Waals surface area contributed by atoms with Gasteiger partial charge in [-0.3, -0.25) is 0 Å². The largest absolute Gasteiger partial charge is 0.493 e. The van der Waals surface area contributed by atoms with Crippen molar-refractivity contribution in [2.24, 2.45) is 0 Å². The van der Waals surface area contributed by atoms with E-state index in [1.54, 1.807) is 0 Å². The summed E-state index contributed by atoms with van der Waals surface area (Å²) in [7, 11) is 3.98. The van der Waals surface area contributed by atoms with E-state index in [0.29, 0.717) is 18.8 Å². The first kappa shape index (κ1) is 15.9. The van der Waals surface area contributed by atoms with Gasteiger partial charge in [0.05, 0.1) is 24.3 Å². The molecule has 0 aliphatic heterocycles. The van der Waals surface area contributed by atoms with Crippen LogP contribution in [0.5, 0.6) is 5.75 Å². The fourth-order valence-corrected chi connectivity index (χ4v) is 2.41. The van der Waals surface area contributed by atoms with Crippen LogP contribution in [-0.4, -0.2) is 25.9 Å². The summed E-state index contributed by atoms with van der Waals surface area (Å²) in [6, 6.07) is 10.2. The standard InChI is InChI=1S/C17H21N3O2/c1-12-17(13(2)22-19-12)14(11-18)8-9-21-16-7-5-6-15(10-16)20(3)4/h5-7,10,14H,8-9H2,1-4H3. The van der Waals surface area contributed by atoms with Crippen LogP contribution in [0.4, 0.5) is 5.69 Å². The van der Waals surface area contributed by atoms with Crippen molar-refractivity contribution in [1.29, 1.82) is 5.26 Å². The maximum Gasteiger partial charge on any atom is 0.138 e. The minimum Gasteiger partial charge on any atom is -0.493 e. The normalized spacial score (nSPS) is 11.8. The predicted octanol–water partition coefficient (Wildman–Crippen LogP) is 3.43.